The summed E-state index contributed by atoms with van der Waals surface area (Å²) in [4.78, 5) is 27.9. The Bertz CT molecular complexity index is 1290. The molecule has 1 amide bonds. The fraction of sp³-hybridized carbons (Fsp3) is 0.154. The van der Waals surface area contributed by atoms with E-state index in [0.717, 1.165) is 5.56 Å². The second-order valence-electron chi connectivity index (χ2n) is 7.91. The van der Waals surface area contributed by atoms with E-state index >= 15 is 0 Å². The Morgan fingerprint density at radius 3 is 2.36 bits per heavy atom. The zero-order valence-electron chi connectivity index (χ0n) is 17.8. The number of aliphatic hydroxyl groups excluding tert-OH is 1. The van der Waals surface area contributed by atoms with Crippen molar-refractivity contribution >= 4 is 23.1 Å². The lowest BCUT2D eigenvalue weighted by molar-refractivity contribution is -0.132. The Morgan fingerprint density at radius 2 is 1.64 bits per heavy atom. The number of fused-ring (bicyclic) bond motifs is 1. The van der Waals surface area contributed by atoms with Gasteiger partial charge in [-0.1, -0.05) is 30.3 Å². The topological polar surface area (TPSA) is 96.3 Å². The molecule has 5 rings (SSSR count). The highest BCUT2D eigenvalue weighted by atomic mass is 16.6. The van der Waals surface area contributed by atoms with Crippen LogP contribution in [0.1, 0.15) is 22.7 Å². The van der Waals surface area contributed by atoms with Crippen LogP contribution >= 0.6 is 0 Å². The van der Waals surface area contributed by atoms with Crippen LogP contribution in [0.3, 0.4) is 0 Å². The number of aliphatic hydroxyl groups is 1. The molecular weight excluding hydrogens is 422 g/mol. The average molecular weight is 443 g/mol. The molecule has 2 heterocycles. The van der Waals surface area contributed by atoms with Crippen molar-refractivity contribution in [1.29, 1.82) is 0 Å². The zero-order chi connectivity index (χ0) is 23.1. The molecule has 1 saturated heterocycles. The lowest BCUT2D eigenvalue weighted by Gasteiger charge is -2.27. The SMILES string of the molecule is Cc1ccccc1N1C(=O)C(=O)/C(=C(\O)c2ccc3c(c2)OCCO3)C1c1ccc(O)cc1. The smallest absolute Gasteiger partial charge is 0.300 e. The number of carbonyl (C=O) groups is 2. The van der Waals surface area contributed by atoms with Crippen LogP contribution in [0.15, 0.2) is 72.3 Å². The van der Waals surface area contributed by atoms with Gasteiger partial charge in [0.1, 0.15) is 24.7 Å². The third kappa shape index (κ3) is 3.47. The summed E-state index contributed by atoms with van der Waals surface area (Å²) in [5.41, 5.74) is 2.26. The standard InChI is InChI=1S/C26H21NO6/c1-15-4-2-3-5-19(15)27-23(16-6-9-18(28)10-7-16)22(25(30)26(27)31)24(29)17-8-11-20-21(14-17)33-13-12-32-20/h2-11,14,23,28-29H,12-13H2,1H3/b24-22-. The quantitative estimate of drug-likeness (QED) is 0.360. The summed E-state index contributed by atoms with van der Waals surface area (Å²) in [6.07, 6.45) is 0. The first kappa shape index (κ1) is 20.6. The van der Waals surface area contributed by atoms with Crippen LogP contribution in [0.25, 0.3) is 5.76 Å². The highest BCUT2D eigenvalue weighted by molar-refractivity contribution is 6.51. The molecule has 2 N–H and O–H groups in total. The highest BCUT2D eigenvalue weighted by Gasteiger charge is 2.47. The third-order valence-corrected chi connectivity index (χ3v) is 5.84. The minimum atomic E-state index is -0.875. The monoisotopic (exact) mass is 443 g/mol. The molecule has 7 nitrogen and oxygen atoms in total. The van der Waals surface area contributed by atoms with Crippen LogP contribution in [0.5, 0.6) is 17.2 Å². The number of rotatable bonds is 3. The lowest BCUT2D eigenvalue weighted by Crippen LogP contribution is -2.30. The number of hydrogen-bond acceptors (Lipinski definition) is 6. The number of aryl methyl sites for hydroxylation is 1. The molecule has 0 bridgehead atoms. The Morgan fingerprint density at radius 1 is 0.939 bits per heavy atom. The Balaban J connectivity index is 1.71. The minimum Gasteiger partial charge on any atom is -0.508 e. The molecule has 7 heteroatoms. The van der Waals surface area contributed by atoms with Gasteiger partial charge in [-0.15, -0.1) is 0 Å². The van der Waals surface area contributed by atoms with Crippen molar-refractivity contribution in [2.45, 2.75) is 13.0 Å². The number of benzene rings is 3. The Labute approximate surface area is 190 Å². The number of carbonyl (C=O) groups excluding carboxylic acids is 2. The molecule has 2 aliphatic rings. The van der Waals surface area contributed by atoms with Gasteiger partial charge in [0.25, 0.3) is 11.7 Å². The Hall–Kier alpha value is -4.26. The van der Waals surface area contributed by atoms with E-state index < -0.39 is 17.7 Å². The molecule has 3 aromatic rings. The van der Waals surface area contributed by atoms with Crippen molar-refractivity contribution in [3.05, 3.63) is 89.0 Å². The predicted octanol–water partition coefficient (Wildman–Crippen LogP) is 4.10. The van der Waals surface area contributed by atoms with Crippen LogP contribution in [0.2, 0.25) is 0 Å². The number of anilines is 1. The first-order valence-electron chi connectivity index (χ1n) is 10.5. The van der Waals surface area contributed by atoms with Gasteiger partial charge < -0.3 is 19.7 Å². The van der Waals surface area contributed by atoms with Crippen LogP contribution in [0.4, 0.5) is 5.69 Å². The second kappa shape index (κ2) is 8.02. The summed E-state index contributed by atoms with van der Waals surface area (Å²) < 4.78 is 11.1. The van der Waals surface area contributed by atoms with Crippen molar-refractivity contribution in [3.63, 3.8) is 0 Å². The number of aromatic hydroxyl groups is 1. The molecule has 1 atom stereocenters. The summed E-state index contributed by atoms with van der Waals surface area (Å²) in [6, 6.07) is 17.5. The first-order chi connectivity index (χ1) is 16.0. The largest absolute Gasteiger partial charge is 0.508 e. The Kier molecular flexibility index (Phi) is 5.01. The number of hydrogen-bond donors (Lipinski definition) is 2. The van der Waals surface area contributed by atoms with E-state index in [1.807, 2.05) is 19.1 Å². The van der Waals surface area contributed by atoms with Crippen LogP contribution in [-0.2, 0) is 9.59 Å². The summed E-state index contributed by atoms with van der Waals surface area (Å²) in [6.45, 7) is 2.66. The molecule has 0 saturated carbocycles. The predicted molar refractivity (Wildman–Crippen MR) is 122 cm³/mol. The number of para-hydroxylation sites is 1. The second-order valence-corrected chi connectivity index (χ2v) is 7.91. The molecule has 0 aromatic heterocycles. The van der Waals surface area contributed by atoms with Crippen LogP contribution in [-0.4, -0.2) is 35.1 Å². The maximum Gasteiger partial charge on any atom is 0.300 e. The van der Waals surface area contributed by atoms with E-state index in [1.54, 1.807) is 42.5 Å². The van der Waals surface area contributed by atoms with Crippen LogP contribution < -0.4 is 14.4 Å². The maximum absolute atomic E-state index is 13.2. The third-order valence-electron chi connectivity index (χ3n) is 5.84. The maximum atomic E-state index is 13.2. The van der Waals surface area contributed by atoms with E-state index in [1.165, 1.54) is 17.0 Å². The van der Waals surface area contributed by atoms with Gasteiger partial charge in [0.15, 0.2) is 11.5 Å². The number of amides is 1. The summed E-state index contributed by atoms with van der Waals surface area (Å²) >= 11 is 0. The summed E-state index contributed by atoms with van der Waals surface area (Å²) in [5.74, 6) is -0.768. The molecule has 1 unspecified atom stereocenters. The molecule has 33 heavy (non-hydrogen) atoms. The lowest BCUT2D eigenvalue weighted by atomic mass is 9.94. The van der Waals surface area contributed by atoms with Crippen molar-refractivity contribution in [2.75, 3.05) is 18.1 Å². The number of Topliss-reactive ketones (excluding diaryl/α,β-unsaturated/α-hetero) is 1. The van der Waals surface area contributed by atoms with Gasteiger partial charge in [-0.2, -0.15) is 0 Å². The van der Waals surface area contributed by atoms with Gasteiger partial charge in [-0.05, 0) is 54.4 Å². The number of phenols is 1. The van der Waals surface area contributed by atoms with E-state index in [4.69, 9.17) is 9.47 Å². The van der Waals surface area contributed by atoms with Crippen LogP contribution in [0, 0.1) is 6.92 Å². The van der Waals surface area contributed by atoms with Gasteiger partial charge in [0, 0.05) is 11.3 Å². The molecule has 1 fully saturated rings. The van der Waals surface area contributed by atoms with E-state index in [-0.39, 0.29) is 17.1 Å². The van der Waals surface area contributed by atoms with Gasteiger partial charge in [-0.25, -0.2) is 0 Å². The van der Waals surface area contributed by atoms with Crippen molar-refractivity contribution in [2.24, 2.45) is 0 Å². The summed E-state index contributed by atoms with van der Waals surface area (Å²) in [7, 11) is 0. The van der Waals surface area contributed by atoms with Crippen molar-refractivity contribution in [3.8, 4) is 17.2 Å². The number of ether oxygens (including phenoxy) is 2. The van der Waals surface area contributed by atoms with Crippen molar-refractivity contribution < 1.29 is 29.3 Å². The number of ketones is 1. The molecular formula is C26H21NO6. The van der Waals surface area contributed by atoms with E-state index in [9.17, 15) is 19.8 Å². The molecule has 0 spiro atoms. The molecule has 0 aliphatic carbocycles. The number of phenolic OH excluding ortho intramolecular Hbond substituents is 1. The van der Waals surface area contributed by atoms with Crippen molar-refractivity contribution in [1.82, 2.24) is 0 Å². The molecule has 0 radical (unpaired) electrons. The van der Waals surface area contributed by atoms with Gasteiger partial charge in [-0.3, -0.25) is 14.5 Å². The van der Waals surface area contributed by atoms with E-state index in [2.05, 4.69) is 0 Å². The summed E-state index contributed by atoms with van der Waals surface area (Å²) in [5, 5.41) is 21.0. The first-order valence-corrected chi connectivity index (χ1v) is 10.5. The normalized spacial score (nSPS) is 19.1. The minimum absolute atomic E-state index is 0.0365. The molecule has 2 aliphatic heterocycles. The van der Waals surface area contributed by atoms with Gasteiger partial charge in [0.2, 0.25) is 0 Å². The highest BCUT2D eigenvalue weighted by Crippen LogP contribution is 2.44. The van der Waals surface area contributed by atoms with Gasteiger partial charge >= 0.3 is 0 Å². The van der Waals surface area contributed by atoms with E-state index in [0.29, 0.717) is 41.5 Å². The van der Waals surface area contributed by atoms with Gasteiger partial charge in [0.05, 0.1) is 11.6 Å². The number of nitrogens with zero attached hydrogens (tertiary/aromatic N) is 1. The zero-order valence-corrected chi connectivity index (χ0v) is 17.8. The fourth-order valence-corrected chi connectivity index (χ4v) is 4.23. The molecule has 166 valence electrons. The molecule has 3 aromatic carbocycles. The fourth-order valence-electron chi connectivity index (χ4n) is 4.23. The average Bonchev–Trinajstić information content (AvgIpc) is 3.09.